The fourth-order valence-corrected chi connectivity index (χ4v) is 11.2. The van der Waals surface area contributed by atoms with Gasteiger partial charge in [0.25, 0.3) is 0 Å². The lowest BCUT2D eigenvalue weighted by Crippen LogP contribution is -2.52. The number of fused-ring (bicyclic) bond motifs is 1. The van der Waals surface area contributed by atoms with E-state index in [1.807, 2.05) is 11.3 Å². The summed E-state index contributed by atoms with van der Waals surface area (Å²) < 4.78 is 1.36. The van der Waals surface area contributed by atoms with Gasteiger partial charge in [-0.25, -0.2) is 0 Å². The van der Waals surface area contributed by atoms with Crippen LogP contribution < -0.4 is 4.98 Å². The third-order valence-corrected chi connectivity index (χ3v) is 13.3. The molecule has 3 heteroatoms. The summed E-state index contributed by atoms with van der Waals surface area (Å²) in [7, 11) is -1.73. The molecule has 1 aromatic heterocycles. The number of hydrogen-bond donors (Lipinski definition) is 1. The summed E-state index contributed by atoms with van der Waals surface area (Å²) in [6.07, 6.45) is 0. The maximum absolute atomic E-state index is 4.16. The minimum absolute atomic E-state index is 0.676. The van der Waals surface area contributed by atoms with E-state index in [-0.39, 0.29) is 0 Å². The van der Waals surface area contributed by atoms with Crippen molar-refractivity contribution in [2.75, 3.05) is 4.98 Å². The Bertz CT molecular complexity index is 857. The van der Waals surface area contributed by atoms with Gasteiger partial charge in [0.15, 0.2) is 8.24 Å². The van der Waals surface area contributed by atoms with Crippen molar-refractivity contribution in [3.63, 3.8) is 0 Å². The predicted molar refractivity (Wildman–Crippen MR) is 122 cm³/mol. The minimum Gasteiger partial charge on any atom is -0.409 e. The van der Waals surface area contributed by atoms with Crippen LogP contribution in [0.1, 0.15) is 41.5 Å². The molecule has 0 fully saturated rings. The summed E-state index contributed by atoms with van der Waals surface area (Å²) in [5.41, 5.74) is 6.02. The van der Waals surface area contributed by atoms with E-state index < -0.39 is 8.24 Å². The second-order valence-corrected chi connectivity index (χ2v) is 14.7. The van der Waals surface area contributed by atoms with Crippen LogP contribution >= 0.6 is 11.3 Å². The van der Waals surface area contributed by atoms with Crippen LogP contribution in [0, 0.1) is 0 Å². The second kappa shape index (κ2) is 7.57. The lowest BCUT2D eigenvalue weighted by Gasteiger charge is -2.44. The van der Waals surface area contributed by atoms with Crippen molar-refractivity contribution >= 4 is 35.3 Å². The molecule has 0 saturated heterocycles. The van der Waals surface area contributed by atoms with Gasteiger partial charge in [0, 0.05) is 26.9 Å². The first-order valence-electron chi connectivity index (χ1n) is 9.71. The Hall–Kier alpha value is -1.58. The molecular weight excluding hydrogens is 350 g/mol. The molecule has 0 saturated carbocycles. The van der Waals surface area contributed by atoms with Crippen LogP contribution in [-0.4, -0.2) is 8.24 Å². The number of thiophene rings is 1. The summed E-state index contributed by atoms with van der Waals surface area (Å²) in [6, 6.07) is 17.6. The Morgan fingerprint density at radius 2 is 1.31 bits per heavy atom. The van der Waals surface area contributed by atoms with Crippen molar-refractivity contribution in [2.24, 2.45) is 0 Å². The van der Waals surface area contributed by atoms with E-state index in [0.29, 0.717) is 16.6 Å². The highest BCUT2D eigenvalue weighted by atomic mass is 32.1. The topological polar surface area (TPSA) is 12.0 Å². The van der Waals surface area contributed by atoms with E-state index in [2.05, 4.69) is 100 Å². The van der Waals surface area contributed by atoms with E-state index in [9.17, 15) is 0 Å². The lowest BCUT2D eigenvalue weighted by molar-refractivity contribution is 0.821. The normalized spacial score (nSPS) is 12.5. The van der Waals surface area contributed by atoms with Crippen LogP contribution in [0.25, 0.3) is 21.2 Å². The van der Waals surface area contributed by atoms with Gasteiger partial charge >= 0.3 is 0 Å². The van der Waals surface area contributed by atoms with Crippen LogP contribution in [0.15, 0.2) is 53.9 Å². The summed E-state index contributed by atoms with van der Waals surface area (Å²) in [6.45, 7) is 14.4. The maximum atomic E-state index is 4.16. The number of benzene rings is 2. The highest BCUT2D eigenvalue weighted by Crippen LogP contribution is 2.44. The molecule has 1 nitrogen and oxygen atoms in total. The Balaban J connectivity index is 2.13. The summed E-state index contributed by atoms with van der Waals surface area (Å²) in [4.78, 5) is 4.16. The third-order valence-electron chi connectivity index (χ3n) is 5.92. The molecule has 2 aromatic carbocycles. The summed E-state index contributed by atoms with van der Waals surface area (Å²) in [5, 5.41) is 3.67. The number of nitrogens with one attached hydrogen (secondary N) is 1. The van der Waals surface area contributed by atoms with Crippen LogP contribution in [0.4, 0.5) is 5.69 Å². The molecule has 1 heterocycles. The largest absolute Gasteiger partial charge is 0.409 e. The second-order valence-electron chi connectivity index (χ2n) is 8.21. The molecule has 26 heavy (non-hydrogen) atoms. The number of para-hydroxylation sites is 1. The van der Waals surface area contributed by atoms with E-state index in [1.54, 1.807) is 0 Å². The lowest BCUT2D eigenvalue weighted by atomic mass is 10.0. The van der Waals surface area contributed by atoms with Gasteiger partial charge in [-0.3, -0.25) is 0 Å². The fraction of sp³-hybridized carbons (Fsp3) is 0.391. The standard InChI is InChI=1S/C23H31NSSi/c1-16(2)26(17(3)4,18(5)6)24-22-13-9-7-11-19(22)21-15-25-23-14-10-8-12-20(21)23/h7-18,24H,1-6H3. The molecule has 1 N–H and O–H groups in total. The molecule has 0 unspecified atom stereocenters. The molecule has 3 rings (SSSR count). The van der Waals surface area contributed by atoms with E-state index in [1.165, 1.54) is 26.9 Å². The van der Waals surface area contributed by atoms with Gasteiger partial charge in [0.1, 0.15) is 0 Å². The summed E-state index contributed by atoms with van der Waals surface area (Å²) in [5.74, 6) is 0. The van der Waals surface area contributed by atoms with Gasteiger partial charge in [-0.2, -0.15) is 0 Å². The Morgan fingerprint density at radius 1 is 0.731 bits per heavy atom. The molecular formula is C23H31NSSi. The zero-order chi connectivity index (χ0) is 18.9. The predicted octanol–water partition coefficient (Wildman–Crippen LogP) is 8.16. The van der Waals surface area contributed by atoms with Gasteiger partial charge in [0.2, 0.25) is 0 Å². The molecule has 0 radical (unpaired) electrons. The van der Waals surface area contributed by atoms with Crippen molar-refractivity contribution in [2.45, 2.75) is 58.2 Å². The van der Waals surface area contributed by atoms with Crippen LogP contribution in [0.3, 0.4) is 0 Å². The first-order valence-corrected chi connectivity index (χ1v) is 12.8. The Kier molecular flexibility index (Phi) is 5.59. The van der Waals surface area contributed by atoms with E-state index >= 15 is 0 Å². The first-order chi connectivity index (χ1) is 12.4. The van der Waals surface area contributed by atoms with Crippen molar-refractivity contribution in [3.05, 3.63) is 53.9 Å². The smallest absolute Gasteiger partial charge is 0.161 e. The molecule has 0 aliphatic heterocycles. The zero-order valence-corrected chi connectivity index (χ0v) is 18.7. The van der Waals surface area contributed by atoms with Crippen molar-refractivity contribution in [1.82, 2.24) is 0 Å². The monoisotopic (exact) mass is 381 g/mol. The van der Waals surface area contributed by atoms with Gasteiger partial charge in [-0.05, 0) is 34.1 Å². The molecule has 0 bridgehead atoms. The molecule has 0 aliphatic rings. The molecule has 0 amide bonds. The minimum atomic E-state index is -1.73. The van der Waals surface area contributed by atoms with E-state index in [0.717, 1.165) is 0 Å². The SMILES string of the molecule is CC(C)[Si](Nc1ccccc1-c1csc2ccccc12)(C(C)C)C(C)C. The molecule has 138 valence electrons. The highest BCUT2D eigenvalue weighted by Gasteiger charge is 2.43. The summed E-state index contributed by atoms with van der Waals surface area (Å²) >= 11 is 1.84. The number of anilines is 1. The highest BCUT2D eigenvalue weighted by molar-refractivity contribution is 7.17. The van der Waals surface area contributed by atoms with Gasteiger partial charge in [0.05, 0.1) is 0 Å². The van der Waals surface area contributed by atoms with Gasteiger partial charge < -0.3 is 4.98 Å². The van der Waals surface area contributed by atoms with Crippen LogP contribution in [0.5, 0.6) is 0 Å². The van der Waals surface area contributed by atoms with E-state index in [4.69, 9.17) is 0 Å². The first kappa shape index (κ1) is 19.2. The van der Waals surface area contributed by atoms with Gasteiger partial charge in [-0.1, -0.05) is 77.9 Å². The average Bonchev–Trinajstić information content (AvgIpc) is 3.03. The number of rotatable bonds is 6. The third kappa shape index (κ3) is 3.23. The van der Waals surface area contributed by atoms with Crippen LogP contribution in [-0.2, 0) is 0 Å². The molecule has 0 spiro atoms. The quantitative estimate of drug-likeness (QED) is 0.425. The Morgan fingerprint density at radius 3 is 1.96 bits per heavy atom. The Labute approximate surface area is 163 Å². The number of hydrogen-bond acceptors (Lipinski definition) is 2. The molecule has 3 aromatic rings. The van der Waals surface area contributed by atoms with Crippen molar-refractivity contribution in [1.29, 1.82) is 0 Å². The maximum Gasteiger partial charge on any atom is 0.161 e. The van der Waals surface area contributed by atoms with Gasteiger partial charge in [-0.15, -0.1) is 11.3 Å². The molecule has 0 atom stereocenters. The zero-order valence-electron chi connectivity index (χ0n) is 16.8. The van der Waals surface area contributed by atoms with Crippen LogP contribution in [0.2, 0.25) is 16.6 Å². The van der Waals surface area contributed by atoms with Crippen molar-refractivity contribution in [3.8, 4) is 11.1 Å². The van der Waals surface area contributed by atoms with Crippen molar-refractivity contribution < 1.29 is 0 Å². The average molecular weight is 382 g/mol. The molecule has 0 aliphatic carbocycles. The fourth-order valence-electron chi connectivity index (χ4n) is 4.68.